The second kappa shape index (κ2) is 6.33. The Hall–Kier alpha value is -2.25. The minimum absolute atomic E-state index is 0.00395. The summed E-state index contributed by atoms with van der Waals surface area (Å²) in [4.78, 5) is 11.6. The molecule has 0 amide bonds. The van der Waals surface area contributed by atoms with E-state index in [-0.39, 0.29) is 16.8 Å². The predicted octanol–water partition coefficient (Wildman–Crippen LogP) is 4.94. The van der Waals surface area contributed by atoms with Crippen molar-refractivity contribution in [1.82, 2.24) is 10.2 Å². The van der Waals surface area contributed by atoms with E-state index >= 15 is 0 Å². The second-order valence-electron chi connectivity index (χ2n) is 5.09. The Morgan fingerprint density at radius 1 is 1.38 bits per heavy atom. The molecular weight excluding hydrogens is 401 g/mol. The molecule has 0 aliphatic carbocycles. The summed E-state index contributed by atoms with van der Waals surface area (Å²) in [5, 5.41) is 20.4. The number of anilines is 2. The third-order valence-corrected chi connectivity index (χ3v) is 4.30. The normalized spacial score (nSPS) is 10.8. The van der Waals surface area contributed by atoms with Crippen LogP contribution in [-0.4, -0.2) is 21.3 Å². The lowest BCUT2D eigenvalue weighted by molar-refractivity contribution is 0.0697. The molecule has 0 atom stereocenters. The van der Waals surface area contributed by atoms with Gasteiger partial charge >= 0.3 is 5.97 Å². The fraction of sp³-hybridized carbons (Fsp3) is 0.0625. The van der Waals surface area contributed by atoms with Gasteiger partial charge in [0, 0.05) is 9.86 Å². The van der Waals surface area contributed by atoms with Gasteiger partial charge in [-0.15, -0.1) is 5.10 Å². The predicted molar refractivity (Wildman–Crippen MR) is 93.6 cm³/mol. The highest BCUT2D eigenvalue weighted by molar-refractivity contribution is 9.10. The van der Waals surface area contributed by atoms with Crippen LogP contribution in [0.15, 0.2) is 34.9 Å². The van der Waals surface area contributed by atoms with E-state index in [0.29, 0.717) is 21.7 Å². The van der Waals surface area contributed by atoms with Crippen LogP contribution in [0.3, 0.4) is 0 Å². The van der Waals surface area contributed by atoms with Crippen LogP contribution in [-0.2, 0) is 0 Å². The fourth-order valence-electron chi connectivity index (χ4n) is 2.30. The summed E-state index contributed by atoms with van der Waals surface area (Å²) >= 11 is 9.39. The molecule has 0 unspecified atom stereocenters. The third-order valence-electron chi connectivity index (χ3n) is 3.50. The van der Waals surface area contributed by atoms with Crippen molar-refractivity contribution in [1.29, 1.82) is 0 Å². The number of benzene rings is 2. The van der Waals surface area contributed by atoms with Gasteiger partial charge < -0.3 is 10.4 Å². The number of aromatic nitrogens is 2. The number of carboxylic acids is 1. The van der Waals surface area contributed by atoms with Crippen LogP contribution in [0.2, 0.25) is 5.02 Å². The Balaban J connectivity index is 2.24. The lowest BCUT2D eigenvalue weighted by Gasteiger charge is -2.14. The Kier molecular flexibility index (Phi) is 4.38. The maximum atomic E-state index is 14.9. The summed E-state index contributed by atoms with van der Waals surface area (Å²) in [6, 6.07) is 6.31. The Bertz CT molecular complexity index is 981. The number of hydrogen-bond donors (Lipinski definition) is 2. The number of nitrogens with one attached hydrogen (secondary N) is 1. The molecule has 0 saturated carbocycles. The van der Waals surface area contributed by atoms with Crippen molar-refractivity contribution >= 4 is 55.8 Å². The first-order valence-electron chi connectivity index (χ1n) is 6.78. The Labute approximate surface area is 149 Å². The summed E-state index contributed by atoms with van der Waals surface area (Å²) in [6.45, 7) is 1.71. The smallest absolute Gasteiger partial charge is 0.337 e. The van der Waals surface area contributed by atoms with Gasteiger partial charge in [0.05, 0.1) is 28.2 Å². The molecule has 3 rings (SSSR count). The average Bonchev–Trinajstić information content (AvgIpc) is 2.52. The molecule has 1 heterocycles. The molecule has 8 heteroatoms. The van der Waals surface area contributed by atoms with Gasteiger partial charge in [0.2, 0.25) is 0 Å². The first-order valence-corrected chi connectivity index (χ1v) is 7.95. The number of hydrogen-bond acceptors (Lipinski definition) is 4. The number of fused-ring (bicyclic) bond motifs is 1. The van der Waals surface area contributed by atoms with Crippen LogP contribution >= 0.6 is 27.5 Å². The molecule has 1 aromatic heterocycles. The first kappa shape index (κ1) is 16.6. The molecule has 0 spiro atoms. The van der Waals surface area contributed by atoms with Crippen LogP contribution < -0.4 is 5.32 Å². The van der Waals surface area contributed by atoms with Crippen molar-refractivity contribution in [3.8, 4) is 0 Å². The highest BCUT2D eigenvalue weighted by Crippen LogP contribution is 2.34. The van der Waals surface area contributed by atoms with Gasteiger partial charge in [0.1, 0.15) is 5.52 Å². The number of rotatable bonds is 3. The van der Waals surface area contributed by atoms with Crippen molar-refractivity contribution in [2.45, 2.75) is 6.92 Å². The summed E-state index contributed by atoms with van der Waals surface area (Å²) in [6.07, 6.45) is 1.45. The first-order chi connectivity index (χ1) is 11.4. The van der Waals surface area contributed by atoms with Gasteiger partial charge in [0.25, 0.3) is 0 Å². The van der Waals surface area contributed by atoms with E-state index in [0.717, 1.165) is 4.47 Å². The lowest BCUT2D eigenvalue weighted by atomic mass is 10.0. The third kappa shape index (κ3) is 2.92. The lowest BCUT2D eigenvalue weighted by Crippen LogP contribution is -2.07. The van der Waals surface area contributed by atoms with Crippen molar-refractivity contribution in [2.24, 2.45) is 0 Å². The SMILES string of the molecule is Cc1cnnc2c(F)c(Nc3ccc(Br)cc3Cl)c(C(=O)O)cc12. The molecule has 24 heavy (non-hydrogen) atoms. The number of aryl methyl sites for hydroxylation is 1. The monoisotopic (exact) mass is 409 g/mol. The molecule has 0 fully saturated rings. The minimum atomic E-state index is -1.26. The van der Waals surface area contributed by atoms with E-state index in [2.05, 4.69) is 31.4 Å². The van der Waals surface area contributed by atoms with Gasteiger partial charge in [-0.25, -0.2) is 9.18 Å². The van der Waals surface area contributed by atoms with Gasteiger partial charge in [0.15, 0.2) is 5.82 Å². The summed E-state index contributed by atoms with van der Waals surface area (Å²) in [5.74, 6) is -2.05. The Morgan fingerprint density at radius 3 is 2.79 bits per heavy atom. The molecule has 2 N–H and O–H groups in total. The topological polar surface area (TPSA) is 75.1 Å². The second-order valence-corrected chi connectivity index (χ2v) is 6.41. The van der Waals surface area contributed by atoms with Crippen molar-refractivity contribution < 1.29 is 14.3 Å². The van der Waals surface area contributed by atoms with Crippen LogP contribution in [0, 0.1) is 12.7 Å². The molecule has 0 aliphatic heterocycles. The Morgan fingerprint density at radius 2 is 2.12 bits per heavy atom. The number of aromatic carboxylic acids is 1. The zero-order valence-corrected chi connectivity index (χ0v) is 14.6. The van der Waals surface area contributed by atoms with E-state index < -0.39 is 11.8 Å². The average molecular weight is 411 g/mol. The van der Waals surface area contributed by atoms with E-state index in [9.17, 15) is 14.3 Å². The van der Waals surface area contributed by atoms with E-state index in [4.69, 9.17) is 11.6 Å². The largest absolute Gasteiger partial charge is 0.478 e. The maximum Gasteiger partial charge on any atom is 0.337 e. The molecular formula is C16H10BrClFN3O2. The van der Waals surface area contributed by atoms with E-state index in [1.165, 1.54) is 12.3 Å². The quantitative estimate of drug-likeness (QED) is 0.640. The van der Waals surface area contributed by atoms with Crippen LogP contribution in [0.25, 0.3) is 10.9 Å². The molecule has 0 aliphatic rings. The van der Waals surface area contributed by atoms with E-state index in [1.807, 2.05) is 0 Å². The van der Waals surface area contributed by atoms with Crippen molar-refractivity contribution in [3.05, 3.63) is 56.9 Å². The van der Waals surface area contributed by atoms with Crippen LogP contribution in [0.1, 0.15) is 15.9 Å². The summed E-state index contributed by atoms with van der Waals surface area (Å²) in [5.41, 5.74) is 0.584. The van der Waals surface area contributed by atoms with Gasteiger partial charge in [-0.3, -0.25) is 0 Å². The molecule has 5 nitrogen and oxygen atoms in total. The zero-order chi connectivity index (χ0) is 17.4. The number of nitrogens with zero attached hydrogens (tertiary/aromatic N) is 2. The molecule has 0 radical (unpaired) electrons. The molecule has 0 bridgehead atoms. The van der Waals surface area contributed by atoms with E-state index in [1.54, 1.807) is 25.1 Å². The summed E-state index contributed by atoms with van der Waals surface area (Å²) < 4.78 is 15.6. The molecule has 2 aromatic carbocycles. The molecule has 3 aromatic rings. The molecule has 0 saturated heterocycles. The highest BCUT2D eigenvalue weighted by atomic mass is 79.9. The fourth-order valence-corrected chi connectivity index (χ4v) is 3.02. The van der Waals surface area contributed by atoms with Crippen molar-refractivity contribution in [2.75, 3.05) is 5.32 Å². The standard InChI is InChI=1S/C16H10BrClFN3O2/c1-7-6-20-22-15-9(7)5-10(16(23)24)14(13(15)19)21-12-3-2-8(17)4-11(12)18/h2-6,21H,1H3,(H,23,24). The summed E-state index contributed by atoms with van der Waals surface area (Å²) in [7, 11) is 0. The zero-order valence-electron chi connectivity index (χ0n) is 12.3. The number of carbonyl (C=O) groups is 1. The van der Waals surface area contributed by atoms with Crippen molar-refractivity contribution in [3.63, 3.8) is 0 Å². The van der Waals surface area contributed by atoms with Gasteiger partial charge in [-0.2, -0.15) is 5.10 Å². The molecule has 122 valence electrons. The number of halogens is 3. The van der Waals surface area contributed by atoms with Gasteiger partial charge in [-0.05, 0) is 36.8 Å². The minimum Gasteiger partial charge on any atom is -0.478 e. The van der Waals surface area contributed by atoms with Crippen LogP contribution in [0.4, 0.5) is 15.8 Å². The van der Waals surface area contributed by atoms with Crippen LogP contribution in [0.5, 0.6) is 0 Å². The maximum absolute atomic E-state index is 14.9. The number of carboxylic acid groups (broad SMARTS) is 1. The van der Waals surface area contributed by atoms with Gasteiger partial charge in [-0.1, -0.05) is 27.5 Å². The highest BCUT2D eigenvalue weighted by Gasteiger charge is 2.21.